The van der Waals surface area contributed by atoms with Crippen LogP contribution in [0, 0.1) is 17.2 Å². The molecule has 1 fully saturated rings. The van der Waals surface area contributed by atoms with Crippen molar-refractivity contribution >= 4 is 23.4 Å². The number of benzene rings is 3. The van der Waals surface area contributed by atoms with Gasteiger partial charge in [-0.05, 0) is 35.7 Å². The van der Waals surface area contributed by atoms with Crippen molar-refractivity contribution in [3.05, 3.63) is 90.5 Å². The molecule has 0 bridgehead atoms. The van der Waals surface area contributed by atoms with Crippen LogP contribution in [0.5, 0.6) is 0 Å². The average Bonchev–Trinajstić information content (AvgIpc) is 3.34. The van der Waals surface area contributed by atoms with Gasteiger partial charge in [0.1, 0.15) is 6.04 Å². The third-order valence-corrected chi connectivity index (χ3v) is 6.14. The summed E-state index contributed by atoms with van der Waals surface area (Å²) in [4.78, 5) is 41.8. The highest BCUT2D eigenvalue weighted by atomic mass is 16.2. The Morgan fingerprint density at radius 2 is 1.60 bits per heavy atom. The van der Waals surface area contributed by atoms with Crippen LogP contribution in [0.3, 0.4) is 0 Å². The summed E-state index contributed by atoms with van der Waals surface area (Å²) in [5, 5.41) is 12.4. The van der Waals surface area contributed by atoms with Gasteiger partial charge in [0.2, 0.25) is 11.8 Å². The molecule has 1 N–H and O–H groups in total. The summed E-state index contributed by atoms with van der Waals surface area (Å²) in [6, 6.07) is 27.3. The van der Waals surface area contributed by atoms with Gasteiger partial charge in [-0.15, -0.1) is 0 Å². The number of nitrogens with one attached hydrogen (secondary N) is 1. The molecule has 1 saturated heterocycles. The van der Waals surface area contributed by atoms with Crippen molar-refractivity contribution in [1.29, 1.82) is 5.26 Å². The van der Waals surface area contributed by atoms with E-state index in [9.17, 15) is 19.6 Å². The SMILES string of the molecule is CN(CC(=O)N1CC(C(=O)Nc2ccccc2)CC1C#N)C(=O)c1ccccc1-c1ccccc1. The predicted octanol–water partition coefficient (Wildman–Crippen LogP) is 3.80. The van der Waals surface area contributed by atoms with Gasteiger partial charge in [-0.3, -0.25) is 14.4 Å². The first-order chi connectivity index (χ1) is 17.0. The van der Waals surface area contributed by atoms with E-state index in [-0.39, 0.29) is 37.2 Å². The monoisotopic (exact) mass is 466 g/mol. The number of nitrogens with zero attached hydrogens (tertiary/aromatic N) is 3. The first-order valence-electron chi connectivity index (χ1n) is 11.4. The summed E-state index contributed by atoms with van der Waals surface area (Å²) in [5.74, 6) is -1.37. The molecule has 4 rings (SSSR count). The fraction of sp³-hybridized carbons (Fsp3) is 0.214. The number of carbonyl (C=O) groups is 3. The molecule has 1 heterocycles. The Kier molecular flexibility index (Phi) is 7.22. The smallest absolute Gasteiger partial charge is 0.254 e. The zero-order chi connectivity index (χ0) is 24.8. The molecular formula is C28H26N4O3. The number of likely N-dealkylation sites (tertiary alicyclic amines) is 1. The number of para-hydroxylation sites is 1. The molecule has 0 radical (unpaired) electrons. The fourth-order valence-corrected chi connectivity index (χ4v) is 4.30. The molecule has 3 aromatic carbocycles. The second kappa shape index (κ2) is 10.7. The zero-order valence-electron chi connectivity index (χ0n) is 19.4. The Balaban J connectivity index is 1.43. The lowest BCUT2D eigenvalue weighted by Crippen LogP contribution is -2.43. The van der Waals surface area contributed by atoms with Gasteiger partial charge in [0.05, 0.1) is 18.5 Å². The van der Waals surface area contributed by atoms with E-state index >= 15 is 0 Å². The van der Waals surface area contributed by atoms with Crippen LogP contribution in [0.25, 0.3) is 11.1 Å². The molecule has 0 aromatic heterocycles. The minimum Gasteiger partial charge on any atom is -0.332 e. The summed E-state index contributed by atoms with van der Waals surface area (Å²) in [7, 11) is 1.57. The summed E-state index contributed by atoms with van der Waals surface area (Å²) in [6.45, 7) is -0.0501. The summed E-state index contributed by atoms with van der Waals surface area (Å²) < 4.78 is 0. The van der Waals surface area contributed by atoms with Crippen molar-refractivity contribution in [2.45, 2.75) is 12.5 Å². The van der Waals surface area contributed by atoms with Gasteiger partial charge in [0.25, 0.3) is 5.91 Å². The van der Waals surface area contributed by atoms with Crippen LogP contribution in [0.1, 0.15) is 16.8 Å². The van der Waals surface area contributed by atoms with Crippen molar-refractivity contribution in [3.63, 3.8) is 0 Å². The number of rotatable bonds is 6. The van der Waals surface area contributed by atoms with Gasteiger partial charge in [0, 0.05) is 24.8 Å². The highest BCUT2D eigenvalue weighted by Gasteiger charge is 2.39. The average molecular weight is 467 g/mol. The maximum absolute atomic E-state index is 13.2. The first-order valence-corrected chi connectivity index (χ1v) is 11.4. The van der Waals surface area contributed by atoms with E-state index in [1.165, 1.54) is 9.80 Å². The standard InChI is InChI=1S/C28H26N4O3/c1-31(28(35)25-15-9-8-14-24(25)20-10-4-2-5-11-20)19-26(33)32-18-21(16-23(32)17-29)27(34)30-22-12-6-3-7-13-22/h2-15,21,23H,16,18-19H2,1H3,(H,30,34). The molecule has 0 aliphatic carbocycles. The highest BCUT2D eigenvalue weighted by molar-refractivity contribution is 6.02. The maximum Gasteiger partial charge on any atom is 0.254 e. The van der Waals surface area contributed by atoms with E-state index < -0.39 is 12.0 Å². The van der Waals surface area contributed by atoms with E-state index in [2.05, 4.69) is 11.4 Å². The molecule has 0 spiro atoms. The number of carbonyl (C=O) groups excluding carboxylic acids is 3. The summed E-state index contributed by atoms with van der Waals surface area (Å²) >= 11 is 0. The fourth-order valence-electron chi connectivity index (χ4n) is 4.30. The lowest BCUT2D eigenvalue weighted by Gasteiger charge is -2.24. The second-order valence-electron chi connectivity index (χ2n) is 8.55. The van der Waals surface area contributed by atoms with Crippen LogP contribution in [0.4, 0.5) is 5.69 Å². The number of likely N-dealkylation sites (N-methyl/N-ethyl adjacent to an activating group) is 1. The van der Waals surface area contributed by atoms with Crippen molar-refractivity contribution < 1.29 is 14.4 Å². The Morgan fingerprint density at radius 3 is 2.29 bits per heavy atom. The van der Waals surface area contributed by atoms with E-state index in [4.69, 9.17) is 0 Å². The molecule has 3 amide bonds. The van der Waals surface area contributed by atoms with Gasteiger partial charge < -0.3 is 15.1 Å². The Morgan fingerprint density at radius 1 is 0.971 bits per heavy atom. The molecule has 7 heteroatoms. The Hall–Kier alpha value is -4.44. The quantitative estimate of drug-likeness (QED) is 0.598. The van der Waals surface area contributed by atoms with Crippen molar-refractivity contribution in [2.24, 2.45) is 5.92 Å². The Labute approximate surface area is 204 Å². The van der Waals surface area contributed by atoms with Crippen LogP contribution in [-0.4, -0.2) is 53.7 Å². The second-order valence-corrected chi connectivity index (χ2v) is 8.55. The predicted molar refractivity (Wildman–Crippen MR) is 133 cm³/mol. The normalized spacial score (nSPS) is 16.9. The molecule has 0 saturated carbocycles. The molecule has 3 aromatic rings. The topological polar surface area (TPSA) is 93.5 Å². The first kappa shape index (κ1) is 23.7. The third kappa shape index (κ3) is 5.39. The number of amides is 3. The number of anilines is 1. The number of hydrogen-bond acceptors (Lipinski definition) is 4. The molecule has 1 aliphatic heterocycles. The minimum absolute atomic E-state index is 0.137. The lowest BCUT2D eigenvalue weighted by atomic mass is 9.99. The van der Waals surface area contributed by atoms with Crippen LogP contribution in [-0.2, 0) is 9.59 Å². The van der Waals surface area contributed by atoms with Gasteiger partial charge in [-0.2, -0.15) is 5.26 Å². The van der Waals surface area contributed by atoms with Gasteiger partial charge in [-0.25, -0.2) is 0 Å². The van der Waals surface area contributed by atoms with Crippen molar-refractivity contribution in [3.8, 4) is 17.2 Å². The Bertz CT molecular complexity index is 1250. The highest BCUT2D eigenvalue weighted by Crippen LogP contribution is 2.26. The molecular weight excluding hydrogens is 440 g/mol. The van der Waals surface area contributed by atoms with E-state index in [0.717, 1.165) is 11.1 Å². The van der Waals surface area contributed by atoms with Crippen LogP contribution < -0.4 is 5.32 Å². The molecule has 176 valence electrons. The van der Waals surface area contributed by atoms with Crippen molar-refractivity contribution in [2.75, 3.05) is 25.5 Å². The van der Waals surface area contributed by atoms with E-state index in [0.29, 0.717) is 11.3 Å². The summed E-state index contributed by atoms with van der Waals surface area (Å²) in [6.07, 6.45) is 0.259. The summed E-state index contributed by atoms with van der Waals surface area (Å²) in [5.41, 5.74) is 2.85. The van der Waals surface area contributed by atoms with Crippen LogP contribution >= 0.6 is 0 Å². The molecule has 2 atom stereocenters. The van der Waals surface area contributed by atoms with Crippen molar-refractivity contribution in [1.82, 2.24) is 9.80 Å². The van der Waals surface area contributed by atoms with Crippen LogP contribution in [0.2, 0.25) is 0 Å². The van der Waals surface area contributed by atoms with E-state index in [1.807, 2.05) is 60.7 Å². The maximum atomic E-state index is 13.2. The lowest BCUT2D eigenvalue weighted by molar-refractivity contribution is -0.131. The largest absolute Gasteiger partial charge is 0.332 e. The molecule has 35 heavy (non-hydrogen) atoms. The zero-order valence-corrected chi connectivity index (χ0v) is 19.4. The minimum atomic E-state index is -0.714. The molecule has 2 unspecified atom stereocenters. The van der Waals surface area contributed by atoms with Crippen LogP contribution in [0.15, 0.2) is 84.9 Å². The van der Waals surface area contributed by atoms with Gasteiger partial charge >= 0.3 is 0 Å². The van der Waals surface area contributed by atoms with Gasteiger partial charge in [-0.1, -0.05) is 66.7 Å². The third-order valence-electron chi connectivity index (χ3n) is 6.14. The number of hydrogen-bond donors (Lipinski definition) is 1. The molecule has 7 nitrogen and oxygen atoms in total. The van der Waals surface area contributed by atoms with Gasteiger partial charge in [0.15, 0.2) is 0 Å². The number of nitriles is 1. The van der Waals surface area contributed by atoms with E-state index in [1.54, 1.807) is 31.3 Å². The molecule has 1 aliphatic rings.